The molecular formula is C13H9Br2Cl2NO2S. The lowest BCUT2D eigenvalue weighted by molar-refractivity contribution is 0.600. The fraction of sp³-hybridized carbons (Fsp3) is 0.0769. The van der Waals surface area contributed by atoms with E-state index < -0.39 is 10.0 Å². The average Bonchev–Trinajstić information content (AvgIpc) is 2.38. The third-order valence-corrected chi connectivity index (χ3v) is 6.25. The van der Waals surface area contributed by atoms with Gasteiger partial charge in [-0.2, -0.15) is 0 Å². The molecular weight excluding hydrogens is 465 g/mol. The van der Waals surface area contributed by atoms with Gasteiger partial charge in [0, 0.05) is 14.0 Å². The van der Waals surface area contributed by atoms with Crippen LogP contribution in [0.15, 0.2) is 44.2 Å². The summed E-state index contributed by atoms with van der Waals surface area (Å²) in [5.74, 6) is 0. The lowest BCUT2D eigenvalue weighted by atomic mass is 10.2. The minimum absolute atomic E-state index is 0.102. The van der Waals surface area contributed by atoms with E-state index in [1.165, 1.54) is 12.1 Å². The van der Waals surface area contributed by atoms with Gasteiger partial charge in [-0.3, -0.25) is 4.72 Å². The molecule has 21 heavy (non-hydrogen) atoms. The van der Waals surface area contributed by atoms with Crippen LogP contribution in [-0.2, 0) is 10.0 Å². The number of nitrogens with one attached hydrogen (secondary N) is 1. The molecule has 112 valence electrons. The number of benzene rings is 2. The molecule has 0 unspecified atom stereocenters. The van der Waals surface area contributed by atoms with E-state index >= 15 is 0 Å². The second kappa shape index (κ2) is 6.46. The largest absolute Gasteiger partial charge is 0.278 e. The summed E-state index contributed by atoms with van der Waals surface area (Å²) in [6.07, 6.45) is 0. The summed E-state index contributed by atoms with van der Waals surface area (Å²) in [6.45, 7) is 1.79. The number of hydrogen-bond donors (Lipinski definition) is 1. The lowest BCUT2D eigenvalue weighted by Gasteiger charge is -2.12. The Morgan fingerprint density at radius 1 is 1.05 bits per heavy atom. The first-order valence-corrected chi connectivity index (χ1v) is 9.47. The van der Waals surface area contributed by atoms with Gasteiger partial charge < -0.3 is 0 Å². The molecule has 3 nitrogen and oxygen atoms in total. The van der Waals surface area contributed by atoms with Crippen LogP contribution in [0.4, 0.5) is 5.69 Å². The third-order valence-electron chi connectivity index (χ3n) is 2.68. The Kier molecular flexibility index (Phi) is 5.26. The van der Waals surface area contributed by atoms with E-state index in [1.807, 2.05) is 0 Å². The summed E-state index contributed by atoms with van der Waals surface area (Å²) in [7, 11) is -3.79. The maximum atomic E-state index is 12.5. The molecule has 1 N–H and O–H groups in total. The third kappa shape index (κ3) is 3.93. The van der Waals surface area contributed by atoms with Crippen LogP contribution in [0.3, 0.4) is 0 Å². The van der Waals surface area contributed by atoms with Gasteiger partial charge in [0.25, 0.3) is 10.0 Å². The van der Waals surface area contributed by atoms with Gasteiger partial charge in [0.1, 0.15) is 4.90 Å². The van der Waals surface area contributed by atoms with Crippen molar-refractivity contribution in [2.24, 2.45) is 0 Å². The van der Waals surface area contributed by atoms with Gasteiger partial charge in [0.2, 0.25) is 0 Å². The Labute approximate surface area is 150 Å². The average molecular weight is 474 g/mol. The van der Waals surface area contributed by atoms with Crippen LogP contribution in [0.1, 0.15) is 5.56 Å². The normalized spacial score (nSPS) is 11.5. The zero-order chi connectivity index (χ0) is 15.8. The molecule has 0 aliphatic rings. The van der Waals surface area contributed by atoms with Crippen molar-refractivity contribution in [3.63, 3.8) is 0 Å². The van der Waals surface area contributed by atoms with Gasteiger partial charge in [-0.15, -0.1) is 0 Å². The molecule has 0 bridgehead atoms. The number of halogens is 4. The van der Waals surface area contributed by atoms with Gasteiger partial charge >= 0.3 is 0 Å². The smallest absolute Gasteiger partial charge is 0.263 e. The van der Waals surface area contributed by atoms with E-state index in [-0.39, 0.29) is 15.6 Å². The number of sulfonamides is 1. The van der Waals surface area contributed by atoms with Crippen LogP contribution in [0.2, 0.25) is 10.0 Å². The second-order valence-electron chi connectivity index (χ2n) is 4.26. The molecule has 2 aromatic rings. The highest BCUT2D eigenvalue weighted by Gasteiger charge is 2.20. The van der Waals surface area contributed by atoms with Crippen molar-refractivity contribution in [1.82, 2.24) is 0 Å². The van der Waals surface area contributed by atoms with E-state index in [2.05, 4.69) is 36.6 Å². The first kappa shape index (κ1) is 17.1. The molecule has 2 aromatic carbocycles. The molecule has 0 aliphatic carbocycles. The van der Waals surface area contributed by atoms with Gasteiger partial charge in [0.15, 0.2) is 0 Å². The van der Waals surface area contributed by atoms with E-state index in [4.69, 9.17) is 23.2 Å². The fourth-order valence-corrected chi connectivity index (χ4v) is 4.67. The van der Waals surface area contributed by atoms with Crippen LogP contribution < -0.4 is 4.72 Å². The zero-order valence-corrected chi connectivity index (χ0v) is 16.1. The Hall–Kier alpha value is -0.270. The Balaban J connectivity index is 2.47. The Bertz CT molecular complexity index is 810. The number of aryl methyl sites for hydroxylation is 1. The first-order chi connectivity index (χ1) is 9.70. The topological polar surface area (TPSA) is 46.2 Å². The van der Waals surface area contributed by atoms with Crippen molar-refractivity contribution < 1.29 is 8.42 Å². The van der Waals surface area contributed by atoms with E-state index in [1.54, 1.807) is 25.1 Å². The van der Waals surface area contributed by atoms with Crippen LogP contribution in [0, 0.1) is 6.92 Å². The molecule has 8 heteroatoms. The predicted molar refractivity (Wildman–Crippen MR) is 93.8 cm³/mol. The highest BCUT2D eigenvalue weighted by atomic mass is 79.9. The summed E-state index contributed by atoms with van der Waals surface area (Å²) >= 11 is 18.5. The minimum atomic E-state index is -3.79. The van der Waals surface area contributed by atoms with Crippen molar-refractivity contribution >= 4 is 70.8 Å². The van der Waals surface area contributed by atoms with Crippen molar-refractivity contribution in [1.29, 1.82) is 0 Å². The van der Waals surface area contributed by atoms with E-state index in [9.17, 15) is 8.42 Å². The zero-order valence-electron chi connectivity index (χ0n) is 10.6. The molecule has 0 saturated heterocycles. The van der Waals surface area contributed by atoms with Gasteiger partial charge in [-0.05, 0) is 58.7 Å². The van der Waals surface area contributed by atoms with Crippen molar-refractivity contribution in [2.75, 3.05) is 4.72 Å². The molecule has 0 heterocycles. The maximum Gasteiger partial charge on any atom is 0.263 e. The summed E-state index contributed by atoms with van der Waals surface area (Å²) in [6, 6.07) is 7.97. The molecule has 0 aliphatic heterocycles. The minimum Gasteiger partial charge on any atom is -0.278 e. The quantitative estimate of drug-likeness (QED) is 0.628. The second-order valence-corrected chi connectivity index (χ2v) is 8.50. The molecule has 0 aromatic heterocycles. The molecule has 0 saturated carbocycles. The van der Waals surface area contributed by atoms with Crippen LogP contribution in [-0.4, -0.2) is 8.42 Å². The fourth-order valence-electron chi connectivity index (χ4n) is 1.61. The molecule has 2 rings (SSSR count). The maximum absolute atomic E-state index is 12.5. The molecule has 0 amide bonds. The summed E-state index contributed by atoms with van der Waals surface area (Å²) in [5, 5.41) is 0.719. The summed E-state index contributed by atoms with van der Waals surface area (Å²) in [4.78, 5) is 0.102. The highest BCUT2D eigenvalue weighted by Crippen LogP contribution is 2.32. The Morgan fingerprint density at radius 3 is 2.38 bits per heavy atom. The van der Waals surface area contributed by atoms with Gasteiger partial charge in [-0.1, -0.05) is 39.1 Å². The van der Waals surface area contributed by atoms with Gasteiger partial charge in [0.05, 0.1) is 10.7 Å². The van der Waals surface area contributed by atoms with Crippen LogP contribution in [0.5, 0.6) is 0 Å². The molecule has 0 spiro atoms. The summed E-state index contributed by atoms with van der Waals surface area (Å²) < 4.78 is 28.5. The standard InChI is InChI=1S/C13H9Br2Cl2NO2S/c1-7-4-11(17)12(6-10(7)16)18-21(19,20)13-5-8(14)2-3-9(13)15/h2-6,18H,1H3. The Morgan fingerprint density at radius 2 is 1.71 bits per heavy atom. The SMILES string of the molecule is Cc1cc(Cl)c(NS(=O)(=O)c2cc(Br)ccc2Br)cc1Cl. The lowest BCUT2D eigenvalue weighted by Crippen LogP contribution is -2.14. The van der Waals surface area contributed by atoms with Crippen molar-refractivity contribution in [2.45, 2.75) is 11.8 Å². The number of anilines is 1. The van der Waals surface area contributed by atoms with Crippen LogP contribution in [0.25, 0.3) is 0 Å². The molecule has 0 fully saturated rings. The van der Waals surface area contributed by atoms with Crippen LogP contribution >= 0.6 is 55.1 Å². The number of rotatable bonds is 3. The molecule has 0 radical (unpaired) electrons. The van der Waals surface area contributed by atoms with E-state index in [0.29, 0.717) is 14.0 Å². The monoisotopic (exact) mass is 471 g/mol. The first-order valence-electron chi connectivity index (χ1n) is 5.64. The summed E-state index contributed by atoms with van der Waals surface area (Å²) in [5.41, 5.74) is 1.01. The predicted octanol–water partition coefficient (Wildman–Crippen LogP) is 5.63. The van der Waals surface area contributed by atoms with Crippen molar-refractivity contribution in [3.8, 4) is 0 Å². The number of hydrogen-bond acceptors (Lipinski definition) is 2. The van der Waals surface area contributed by atoms with Crippen molar-refractivity contribution in [3.05, 3.63) is 54.9 Å². The van der Waals surface area contributed by atoms with Gasteiger partial charge in [-0.25, -0.2) is 8.42 Å². The highest BCUT2D eigenvalue weighted by molar-refractivity contribution is 9.11. The molecule has 0 atom stereocenters. The van der Waals surface area contributed by atoms with E-state index in [0.717, 1.165) is 5.56 Å².